The molecule has 1 fully saturated rings. The van der Waals surface area contributed by atoms with E-state index in [0.29, 0.717) is 19.5 Å². The van der Waals surface area contributed by atoms with Gasteiger partial charge in [0.25, 0.3) is 11.8 Å². The molecule has 2 aromatic rings. The third-order valence-corrected chi connectivity index (χ3v) is 6.09. The second-order valence-electron chi connectivity index (χ2n) is 7.06. The van der Waals surface area contributed by atoms with Crippen LogP contribution in [0.3, 0.4) is 0 Å². The molecule has 0 spiro atoms. The minimum atomic E-state index is -1.78. The van der Waals surface area contributed by atoms with Crippen molar-refractivity contribution in [1.82, 2.24) is 10.2 Å². The van der Waals surface area contributed by atoms with Gasteiger partial charge in [-0.05, 0) is 48.8 Å². The number of thiophene rings is 1. The van der Waals surface area contributed by atoms with Gasteiger partial charge in [-0.2, -0.15) is 0 Å². The molecule has 0 aliphatic carbocycles. The largest absolute Gasteiger partial charge is 0.380 e. The summed E-state index contributed by atoms with van der Waals surface area (Å²) in [6.45, 7) is 2.83. The Balaban J connectivity index is 1.59. The number of benzene rings is 1. The zero-order valence-electron chi connectivity index (χ0n) is 15.9. The van der Waals surface area contributed by atoms with Gasteiger partial charge in [0, 0.05) is 18.0 Å². The molecule has 0 radical (unpaired) electrons. The van der Waals surface area contributed by atoms with Gasteiger partial charge in [-0.25, -0.2) is 0 Å². The highest BCUT2D eigenvalue weighted by molar-refractivity contribution is 7.09. The van der Waals surface area contributed by atoms with Crippen LogP contribution >= 0.6 is 11.3 Å². The lowest BCUT2D eigenvalue weighted by molar-refractivity contribution is -0.153. The monoisotopic (exact) mass is 402 g/mol. The van der Waals surface area contributed by atoms with Gasteiger partial charge in [-0.15, -0.1) is 11.3 Å². The van der Waals surface area contributed by atoms with E-state index in [1.165, 1.54) is 0 Å². The second-order valence-corrected chi connectivity index (χ2v) is 8.09. The molecule has 3 rings (SSSR count). The molecule has 1 aromatic carbocycles. The predicted molar refractivity (Wildman–Crippen MR) is 108 cm³/mol. The van der Waals surface area contributed by atoms with Crippen LogP contribution in [0.2, 0.25) is 0 Å². The summed E-state index contributed by atoms with van der Waals surface area (Å²) >= 11 is 1.59. The lowest BCUT2D eigenvalue weighted by Crippen LogP contribution is -2.50. The molecular weight excluding hydrogens is 376 g/mol. The van der Waals surface area contributed by atoms with Crippen LogP contribution in [0.1, 0.15) is 34.9 Å². The highest BCUT2D eigenvalue weighted by Gasteiger charge is 2.38. The maximum atomic E-state index is 12.8. The van der Waals surface area contributed by atoms with Crippen molar-refractivity contribution in [2.24, 2.45) is 0 Å². The van der Waals surface area contributed by atoms with Crippen molar-refractivity contribution < 1.29 is 19.8 Å². The summed E-state index contributed by atoms with van der Waals surface area (Å²) in [7, 11) is 0. The molecule has 3 atom stereocenters. The standard InChI is InChI=1S/C21H26N2O4S/c1-14-6-2-3-8-16(14)17-9-4-12-23(17)21(27)19(25)18(24)20(26)22-11-10-15-7-5-13-28-15/h2-3,5-8,13,17-19,24-25H,4,9-12H2,1H3,(H,22,26)/t17?,18-,19-/m1/s1. The van der Waals surface area contributed by atoms with Crippen molar-refractivity contribution >= 4 is 23.2 Å². The van der Waals surface area contributed by atoms with E-state index in [9.17, 15) is 19.8 Å². The summed E-state index contributed by atoms with van der Waals surface area (Å²) in [6.07, 6.45) is -1.30. The Morgan fingerprint density at radius 1 is 1.21 bits per heavy atom. The molecular formula is C21H26N2O4S. The summed E-state index contributed by atoms with van der Waals surface area (Å²) in [5.74, 6) is -1.34. The molecule has 1 saturated heterocycles. The first-order chi connectivity index (χ1) is 13.5. The highest BCUT2D eigenvalue weighted by atomic mass is 32.1. The van der Waals surface area contributed by atoms with Crippen LogP contribution in [0.4, 0.5) is 0 Å². The van der Waals surface area contributed by atoms with E-state index in [-0.39, 0.29) is 6.04 Å². The third-order valence-electron chi connectivity index (χ3n) is 5.15. The van der Waals surface area contributed by atoms with Crippen LogP contribution in [-0.2, 0) is 16.0 Å². The Hall–Kier alpha value is -2.22. The van der Waals surface area contributed by atoms with Gasteiger partial charge < -0.3 is 20.4 Å². The zero-order valence-corrected chi connectivity index (χ0v) is 16.7. The first-order valence-corrected chi connectivity index (χ1v) is 10.4. The van der Waals surface area contributed by atoms with Crippen LogP contribution in [0, 0.1) is 6.92 Å². The Bertz CT molecular complexity index is 808. The molecule has 2 amide bonds. The average molecular weight is 403 g/mol. The van der Waals surface area contributed by atoms with Crippen LogP contribution in [-0.4, -0.2) is 52.2 Å². The topological polar surface area (TPSA) is 89.9 Å². The molecule has 1 unspecified atom stereocenters. The van der Waals surface area contributed by atoms with Gasteiger partial charge in [0.05, 0.1) is 6.04 Å². The molecule has 0 saturated carbocycles. The maximum Gasteiger partial charge on any atom is 0.255 e. The molecule has 6 nitrogen and oxygen atoms in total. The molecule has 3 N–H and O–H groups in total. The van der Waals surface area contributed by atoms with Crippen molar-refractivity contribution in [3.8, 4) is 0 Å². The van der Waals surface area contributed by atoms with E-state index in [1.54, 1.807) is 16.2 Å². The van der Waals surface area contributed by atoms with Crippen molar-refractivity contribution in [2.75, 3.05) is 13.1 Å². The van der Waals surface area contributed by atoms with Gasteiger partial charge in [0.2, 0.25) is 0 Å². The van der Waals surface area contributed by atoms with Crippen molar-refractivity contribution in [2.45, 2.75) is 44.4 Å². The van der Waals surface area contributed by atoms with Crippen molar-refractivity contribution in [3.05, 3.63) is 57.8 Å². The lowest BCUT2D eigenvalue weighted by Gasteiger charge is -2.29. The quantitative estimate of drug-likeness (QED) is 0.659. The number of carbonyl (C=O) groups is 2. The van der Waals surface area contributed by atoms with E-state index in [0.717, 1.165) is 28.8 Å². The van der Waals surface area contributed by atoms with Gasteiger partial charge in [-0.1, -0.05) is 30.3 Å². The van der Waals surface area contributed by atoms with Crippen molar-refractivity contribution in [1.29, 1.82) is 0 Å². The summed E-state index contributed by atoms with van der Waals surface area (Å²) in [5, 5.41) is 25.1. The van der Waals surface area contributed by atoms with E-state index in [1.807, 2.05) is 48.7 Å². The van der Waals surface area contributed by atoms with Gasteiger partial charge >= 0.3 is 0 Å². The number of amides is 2. The summed E-state index contributed by atoms with van der Waals surface area (Å²) in [6, 6.07) is 11.6. The maximum absolute atomic E-state index is 12.8. The van der Waals surface area contributed by atoms with Crippen LogP contribution in [0.15, 0.2) is 41.8 Å². The first kappa shape index (κ1) is 20.5. The summed E-state index contributed by atoms with van der Waals surface area (Å²) < 4.78 is 0. The normalized spacial score (nSPS) is 18.7. The number of hydrogen-bond acceptors (Lipinski definition) is 5. The van der Waals surface area contributed by atoms with Gasteiger partial charge in [-0.3, -0.25) is 9.59 Å². The van der Waals surface area contributed by atoms with Crippen molar-refractivity contribution in [3.63, 3.8) is 0 Å². The molecule has 28 heavy (non-hydrogen) atoms. The molecule has 0 bridgehead atoms. The molecule has 1 aromatic heterocycles. The highest BCUT2D eigenvalue weighted by Crippen LogP contribution is 2.34. The number of aliphatic hydroxyl groups excluding tert-OH is 2. The SMILES string of the molecule is Cc1ccccc1C1CCCN1C(=O)[C@H](O)[C@@H](O)C(=O)NCCc1cccs1. The third kappa shape index (κ3) is 4.60. The number of rotatable bonds is 7. The Morgan fingerprint density at radius 2 is 2.00 bits per heavy atom. The van der Waals surface area contributed by atoms with E-state index in [4.69, 9.17) is 0 Å². The summed E-state index contributed by atoms with van der Waals surface area (Å²) in [5.41, 5.74) is 2.11. The van der Waals surface area contributed by atoms with E-state index in [2.05, 4.69) is 5.32 Å². The van der Waals surface area contributed by atoms with Gasteiger partial charge in [0.15, 0.2) is 12.2 Å². The lowest BCUT2D eigenvalue weighted by atomic mass is 9.99. The Labute approximate surface area is 168 Å². The predicted octanol–water partition coefficient (Wildman–Crippen LogP) is 1.80. The fourth-order valence-electron chi connectivity index (χ4n) is 3.63. The molecule has 1 aliphatic heterocycles. The van der Waals surface area contributed by atoms with E-state index < -0.39 is 24.0 Å². The number of aliphatic hydroxyl groups is 2. The number of hydrogen-bond donors (Lipinski definition) is 3. The zero-order chi connectivity index (χ0) is 20.1. The molecule has 7 heteroatoms. The second kappa shape index (κ2) is 9.32. The molecule has 2 heterocycles. The fourth-order valence-corrected chi connectivity index (χ4v) is 4.34. The number of likely N-dealkylation sites (tertiary alicyclic amines) is 1. The van der Waals surface area contributed by atoms with Crippen LogP contribution in [0.5, 0.6) is 0 Å². The summed E-state index contributed by atoms with van der Waals surface area (Å²) in [4.78, 5) is 27.6. The van der Waals surface area contributed by atoms with Gasteiger partial charge in [0.1, 0.15) is 0 Å². The first-order valence-electron chi connectivity index (χ1n) is 9.51. The molecule has 1 aliphatic rings. The Morgan fingerprint density at radius 3 is 2.71 bits per heavy atom. The van der Waals surface area contributed by atoms with Crippen LogP contribution in [0.25, 0.3) is 0 Å². The Kier molecular flexibility index (Phi) is 6.83. The molecule has 150 valence electrons. The number of nitrogens with zero attached hydrogens (tertiary/aromatic N) is 1. The smallest absolute Gasteiger partial charge is 0.255 e. The number of carbonyl (C=O) groups excluding carboxylic acids is 2. The minimum Gasteiger partial charge on any atom is -0.380 e. The fraction of sp³-hybridized carbons (Fsp3) is 0.429. The average Bonchev–Trinajstić information content (AvgIpc) is 3.38. The minimum absolute atomic E-state index is 0.141. The number of nitrogens with one attached hydrogen (secondary N) is 1. The number of aryl methyl sites for hydroxylation is 1. The van der Waals surface area contributed by atoms with Crippen LogP contribution < -0.4 is 5.32 Å². The van der Waals surface area contributed by atoms with E-state index >= 15 is 0 Å².